The second-order valence-corrected chi connectivity index (χ2v) is 5.63. The Labute approximate surface area is 152 Å². The standard InChI is InChI=1S/C16H14ClN5O4/c1-26-14-8-3-2-5-11(14)10-18-15-16(22(24)25)19-20(21(15)23)13-7-4-6-12(17)9-13/h2-9,23H,10H2,1H3. The first-order chi connectivity index (χ1) is 12.5. The highest BCUT2D eigenvalue weighted by Crippen LogP contribution is 2.18. The Morgan fingerprint density at radius 2 is 2.08 bits per heavy atom. The maximum absolute atomic E-state index is 11.3. The van der Waals surface area contributed by atoms with Gasteiger partial charge in [-0.3, -0.25) is 4.99 Å². The van der Waals surface area contributed by atoms with Crippen LogP contribution in [0.5, 0.6) is 5.75 Å². The van der Waals surface area contributed by atoms with Gasteiger partial charge in [0.2, 0.25) is 0 Å². The Hall–Kier alpha value is -3.33. The number of hydrogen-bond donors (Lipinski definition) is 1. The van der Waals surface area contributed by atoms with Gasteiger partial charge in [-0.2, -0.15) is 0 Å². The van der Waals surface area contributed by atoms with E-state index in [1.165, 1.54) is 13.2 Å². The largest absolute Gasteiger partial charge is 0.496 e. The van der Waals surface area contributed by atoms with Crippen LogP contribution in [0.1, 0.15) is 5.56 Å². The van der Waals surface area contributed by atoms with Crippen LogP contribution in [0, 0.1) is 10.1 Å². The maximum atomic E-state index is 11.3. The lowest BCUT2D eigenvalue weighted by Crippen LogP contribution is -2.22. The highest BCUT2D eigenvalue weighted by molar-refractivity contribution is 6.30. The lowest BCUT2D eigenvalue weighted by Gasteiger charge is -2.04. The Morgan fingerprint density at radius 3 is 2.77 bits per heavy atom. The molecule has 26 heavy (non-hydrogen) atoms. The third-order valence-electron chi connectivity index (χ3n) is 3.56. The summed E-state index contributed by atoms with van der Waals surface area (Å²) in [5.74, 6) is 0.00741. The van der Waals surface area contributed by atoms with E-state index in [-0.39, 0.29) is 12.0 Å². The van der Waals surface area contributed by atoms with Crippen molar-refractivity contribution in [3.63, 3.8) is 0 Å². The molecule has 10 heteroatoms. The average molecular weight is 376 g/mol. The van der Waals surface area contributed by atoms with Gasteiger partial charge in [-0.05, 0) is 34.0 Å². The molecule has 0 aliphatic heterocycles. The molecule has 3 aromatic rings. The van der Waals surface area contributed by atoms with Crippen LogP contribution in [0.4, 0.5) is 5.82 Å². The average Bonchev–Trinajstić information content (AvgIpc) is 2.97. The monoisotopic (exact) mass is 375 g/mol. The van der Waals surface area contributed by atoms with Crippen molar-refractivity contribution in [3.05, 3.63) is 74.7 Å². The van der Waals surface area contributed by atoms with Gasteiger partial charge >= 0.3 is 5.82 Å². The highest BCUT2D eigenvalue weighted by atomic mass is 35.5. The summed E-state index contributed by atoms with van der Waals surface area (Å²) in [5, 5.41) is 25.9. The van der Waals surface area contributed by atoms with Gasteiger partial charge in [0.05, 0.1) is 18.8 Å². The van der Waals surface area contributed by atoms with Crippen molar-refractivity contribution in [3.8, 4) is 11.4 Å². The third-order valence-corrected chi connectivity index (χ3v) is 3.80. The summed E-state index contributed by atoms with van der Waals surface area (Å²) in [5.41, 5.74) is 0.766. The van der Waals surface area contributed by atoms with E-state index in [0.29, 0.717) is 26.9 Å². The van der Waals surface area contributed by atoms with Crippen molar-refractivity contribution in [1.82, 2.24) is 14.7 Å². The molecule has 0 bridgehead atoms. The normalized spacial score (nSPS) is 11.5. The highest BCUT2D eigenvalue weighted by Gasteiger charge is 2.24. The van der Waals surface area contributed by atoms with Gasteiger partial charge in [0, 0.05) is 10.6 Å². The zero-order chi connectivity index (χ0) is 18.7. The van der Waals surface area contributed by atoms with Crippen LogP contribution in [0.25, 0.3) is 5.69 Å². The molecule has 1 aromatic heterocycles. The summed E-state index contributed by atoms with van der Waals surface area (Å²) >= 11 is 5.93. The minimum atomic E-state index is -0.713. The molecule has 0 aliphatic carbocycles. The molecule has 3 rings (SSSR count). The maximum Gasteiger partial charge on any atom is 0.438 e. The van der Waals surface area contributed by atoms with E-state index in [0.717, 1.165) is 4.80 Å². The fourth-order valence-corrected chi connectivity index (χ4v) is 2.55. The number of hydrogen-bond acceptors (Lipinski definition) is 6. The predicted molar refractivity (Wildman–Crippen MR) is 92.7 cm³/mol. The van der Waals surface area contributed by atoms with Gasteiger partial charge in [-0.15, -0.1) is 0 Å². The SMILES string of the molecule is COc1ccccc1CN=c1c([N+](=O)[O-])nn(-c2cccc(Cl)c2)n1O. The fraction of sp³-hybridized carbons (Fsp3) is 0.125. The predicted octanol–water partition coefficient (Wildman–Crippen LogP) is 2.58. The summed E-state index contributed by atoms with van der Waals surface area (Å²) in [6.07, 6.45) is 0. The summed E-state index contributed by atoms with van der Waals surface area (Å²) in [4.78, 5) is 16.2. The molecule has 0 saturated carbocycles. The molecule has 0 unspecified atom stereocenters. The van der Waals surface area contributed by atoms with Crippen LogP contribution in [-0.4, -0.2) is 32.0 Å². The van der Waals surface area contributed by atoms with Crippen molar-refractivity contribution in [1.29, 1.82) is 0 Å². The van der Waals surface area contributed by atoms with Crippen molar-refractivity contribution < 1.29 is 14.9 Å². The van der Waals surface area contributed by atoms with Gasteiger partial charge in [0.15, 0.2) is 0 Å². The molecular formula is C16H14ClN5O4. The summed E-state index contributed by atoms with van der Waals surface area (Å²) in [6, 6.07) is 13.5. The van der Waals surface area contributed by atoms with Crippen LogP contribution in [0.2, 0.25) is 5.02 Å². The number of benzene rings is 2. The van der Waals surface area contributed by atoms with Crippen molar-refractivity contribution >= 4 is 17.4 Å². The number of methoxy groups -OCH3 is 1. The molecule has 1 N–H and O–H groups in total. The molecule has 0 aliphatic rings. The summed E-state index contributed by atoms with van der Waals surface area (Å²) in [7, 11) is 1.52. The Bertz CT molecular complexity index is 1030. The van der Waals surface area contributed by atoms with E-state index in [9.17, 15) is 15.3 Å². The number of ether oxygens (including phenoxy) is 1. The molecule has 0 saturated heterocycles. The van der Waals surface area contributed by atoms with Gasteiger partial charge in [-0.25, -0.2) is 0 Å². The topological polar surface area (TPSA) is 108 Å². The second kappa shape index (κ2) is 7.28. The van der Waals surface area contributed by atoms with Gasteiger partial charge in [0.1, 0.15) is 11.4 Å². The Morgan fingerprint density at radius 1 is 1.31 bits per heavy atom. The molecule has 2 aromatic carbocycles. The van der Waals surface area contributed by atoms with E-state index in [2.05, 4.69) is 10.1 Å². The number of halogens is 1. The number of aromatic nitrogens is 3. The Kier molecular flexibility index (Phi) is 4.90. The smallest absolute Gasteiger partial charge is 0.438 e. The quantitative estimate of drug-likeness (QED) is 0.419. The zero-order valence-electron chi connectivity index (χ0n) is 13.6. The van der Waals surface area contributed by atoms with E-state index in [1.54, 1.807) is 42.5 Å². The second-order valence-electron chi connectivity index (χ2n) is 5.19. The minimum absolute atomic E-state index is 0.0622. The minimum Gasteiger partial charge on any atom is -0.496 e. The molecule has 1 heterocycles. The third kappa shape index (κ3) is 3.38. The van der Waals surface area contributed by atoms with E-state index in [1.807, 2.05) is 0 Å². The molecule has 9 nitrogen and oxygen atoms in total. The van der Waals surface area contributed by atoms with Crippen LogP contribution in [0.3, 0.4) is 0 Å². The number of rotatable bonds is 5. The van der Waals surface area contributed by atoms with E-state index in [4.69, 9.17) is 16.3 Å². The number of para-hydroxylation sites is 1. The van der Waals surface area contributed by atoms with E-state index >= 15 is 0 Å². The lowest BCUT2D eigenvalue weighted by atomic mass is 10.2. The van der Waals surface area contributed by atoms with Crippen LogP contribution in [0.15, 0.2) is 53.5 Å². The van der Waals surface area contributed by atoms with Crippen LogP contribution < -0.4 is 10.2 Å². The first kappa shape index (κ1) is 17.5. The molecule has 0 fully saturated rings. The van der Waals surface area contributed by atoms with E-state index < -0.39 is 10.7 Å². The molecule has 0 spiro atoms. The Balaban J connectivity index is 2.10. The first-order valence-electron chi connectivity index (χ1n) is 7.45. The molecule has 134 valence electrons. The molecular weight excluding hydrogens is 362 g/mol. The van der Waals surface area contributed by atoms with Gasteiger partial charge in [0.25, 0.3) is 5.49 Å². The van der Waals surface area contributed by atoms with Crippen molar-refractivity contribution in [2.75, 3.05) is 7.11 Å². The number of nitro groups is 1. The van der Waals surface area contributed by atoms with Gasteiger partial charge < -0.3 is 20.1 Å². The van der Waals surface area contributed by atoms with Crippen LogP contribution in [-0.2, 0) is 6.54 Å². The molecule has 0 radical (unpaired) electrons. The lowest BCUT2D eigenvalue weighted by molar-refractivity contribution is -0.391. The fourth-order valence-electron chi connectivity index (χ4n) is 2.37. The summed E-state index contributed by atoms with van der Waals surface area (Å²) < 4.78 is 5.23. The molecule has 0 amide bonds. The molecule has 0 atom stereocenters. The summed E-state index contributed by atoms with van der Waals surface area (Å²) in [6.45, 7) is 0.0622. The van der Waals surface area contributed by atoms with Gasteiger partial charge in [-0.1, -0.05) is 40.7 Å². The van der Waals surface area contributed by atoms with Crippen molar-refractivity contribution in [2.24, 2.45) is 4.99 Å². The number of nitrogens with zero attached hydrogens (tertiary/aromatic N) is 5. The van der Waals surface area contributed by atoms with Crippen LogP contribution >= 0.6 is 11.6 Å². The first-order valence-corrected chi connectivity index (χ1v) is 7.83. The van der Waals surface area contributed by atoms with Crippen molar-refractivity contribution in [2.45, 2.75) is 6.54 Å². The zero-order valence-corrected chi connectivity index (χ0v) is 14.4.